The molecule has 3 aromatic carbocycles. The highest BCUT2D eigenvalue weighted by molar-refractivity contribution is 7.86. The fourth-order valence-corrected chi connectivity index (χ4v) is 5.00. The topological polar surface area (TPSA) is 76.5 Å². The fourth-order valence-electron chi connectivity index (χ4n) is 4.37. The van der Waals surface area contributed by atoms with Crippen LogP contribution in [0, 0.1) is 11.6 Å². The Hall–Kier alpha value is -3.46. The molecule has 1 heterocycles. The van der Waals surface area contributed by atoms with E-state index in [1.807, 2.05) is 42.5 Å². The molecular weight excluding hydrogens is 508 g/mol. The van der Waals surface area contributed by atoms with Crippen LogP contribution in [0.2, 0.25) is 0 Å². The van der Waals surface area contributed by atoms with Crippen molar-refractivity contribution in [3.05, 3.63) is 112 Å². The number of aromatic nitrogens is 1. The molecular formula is C30H29F2NO4S. The van der Waals surface area contributed by atoms with E-state index in [1.165, 1.54) is 0 Å². The third kappa shape index (κ3) is 7.10. The Morgan fingerprint density at radius 3 is 2.45 bits per heavy atom. The minimum absolute atomic E-state index is 0.341. The molecule has 1 aromatic heterocycles. The summed E-state index contributed by atoms with van der Waals surface area (Å²) >= 11 is 0. The first-order valence-electron chi connectivity index (χ1n) is 12.1. The summed E-state index contributed by atoms with van der Waals surface area (Å²) in [6.07, 6.45) is 4.71. The van der Waals surface area contributed by atoms with Gasteiger partial charge in [-0.2, -0.15) is 8.42 Å². The Morgan fingerprint density at radius 1 is 0.974 bits per heavy atom. The van der Waals surface area contributed by atoms with Gasteiger partial charge < -0.3 is 5.11 Å². The van der Waals surface area contributed by atoms with E-state index in [1.54, 1.807) is 44.2 Å². The van der Waals surface area contributed by atoms with Gasteiger partial charge in [0.25, 0.3) is 10.1 Å². The van der Waals surface area contributed by atoms with Crippen molar-refractivity contribution < 1.29 is 26.5 Å². The minimum Gasteiger partial charge on any atom is -0.386 e. The van der Waals surface area contributed by atoms with E-state index in [0.29, 0.717) is 35.0 Å². The van der Waals surface area contributed by atoms with Crippen LogP contribution in [0.5, 0.6) is 0 Å². The molecule has 0 unspecified atom stereocenters. The molecule has 0 fully saturated rings. The first kappa shape index (κ1) is 27.6. The standard InChI is InChI=1S/C30H29F2NO4S/c1-30(2,34)25-10-5-4-8-21(25)13-16-29(37-38(3,35)36)23-9-6-7-20(17-23)11-14-24-15-12-22-18-26(31)27(32)19-28(22)33-24/h4-12,14-15,17-19,29,34H,13,16H2,1-3H3/t29-/m0/s1. The van der Waals surface area contributed by atoms with Crippen molar-refractivity contribution in [2.75, 3.05) is 6.26 Å². The van der Waals surface area contributed by atoms with E-state index in [9.17, 15) is 22.3 Å². The largest absolute Gasteiger partial charge is 0.386 e. The second-order valence-electron chi connectivity index (χ2n) is 9.74. The summed E-state index contributed by atoms with van der Waals surface area (Å²) in [6.45, 7) is 3.43. The van der Waals surface area contributed by atoms with Gasteiger partial charge in [0, 0.05) is 11.5 Å². The van der Waals surface area contributed by atoms with Gasteiger partial charge in [-0.15, -0.1) is 0 Å². The molecule has 0 radical (unpaired) electrons. The second-order valence-corrected chi connectivity index (χ2v) is 11.3. The monoisotopic (exact) mass is 537 g/mol. The Kier molecular flexibility index (Phi) is 8.06. The molecule has 0 bridgehead atoms. The SMILES string of the molecule is CC(C)(O)c1ccccc1CC[C@H](OS(C)(=O)=O)c1cccc(C=Cc2ccc3cc(F)c(F)cc3n2)c1. The van der Waals surface area contributed by atoms with Crippen molar-refractivity contribution in [2.45, 2.75) is 38.4 Å². The lowest BCUT2D eigenvalue weighted by Gasteiger charge is -2.23. The van der Waals surface area contributed by atoms with Crippen LogP contribution in [0.1, 0.15) is 54.3 Å². The molecule has 0 aliphatic heterocycles. The normalized spacial score (nSPS) is 13.3. The quantitative estimate of drug-likeness (QED) is 0.245. The Morgan fingerprint density at radius 2 is 1.71 bits per heavy atom. The average molecular weight is 538 g/mol. The Bertz CT molecular complexity index is 1590. The summed E-state index contributed by atoms with van der Waals surface area (Å²) < 4.78 is 56.7. The number of benzene rings is 3. The number of fused-ring (bicyclic) bond motifs is 1. The predicted octanol–water partition coefficient (Wildman–Crippen LogP) is 6.56. The van der Waals surface area contributed by atoms with E-state index in [-0.39, 0.29) is 0 Å². The molecule has 4 aromatic rings. The summed E-state index contributed by atoms with van der Waals surface area (Å²) in [5, 5.41) is 11.0. The van der Waals surface area contributed by atoms with Gasteiger partial charge in [-0.05, 0) is 73.2 Å². The van der Waals surface area contributed by atoms with Crippen molar-refractivity contribution >= 4 is 33.2 Å². The number of halogens is 2. The van der Waals surface area contributed by atoms with Gasteiger partial charge in [0.1, 0.15) is 6.10 Å². The summed E-state index contributed by atoms with van der Waals surface area (Å²) in [6, 6.07) is 20.4. The first-order chi connectivity index (χ1) is 17.9. The van der Waals surface area contributed by atoms with Crippen LogP contribution in [0.25, 0.3) is 23.1 Å². The van der Waals surface area contributed by atoms with Crippen LogP contribution >= 0.6 is 0 Å². The van der Waals surface area contributed by atoms with Gasteiger partial charge in [-0.25, -0.2) is 13.8 Å². The molecule has 0 aliphatic rings. The highest BCUT2D eigenvalue weighted by Crippen LogP contribution is 2.30. The molecule has 5 nitrogen and oxygen atoms in total. The van der Waals surface area contributed by atoms with Crippen LogP contribution in [0.3, 0.4) is 0 Å². The molecule has 198 valence electrons. The Labute approximate surface area is 221 Å². The molecule has 1 atom stereocenters. The van der Waals surface area contributed by atoms with Crippen LogP contribution in [0.15, 0.2) is 72.8 Å². The van der Waals surface area contributed by atoms with Crippen LogP contribution in [0.4, 0.5) is 8.78 Å². The number of pyridine rings is 1. The lowest BCUT2D eigenvalue weighted by atomic mass is 9.90. The maximum absolute atomic E-state index is 13.6. The first-order valence-corrected chi connectivity index (χ1v) is 13.9. The molecule has 38 heavy (non-hydrogen) atoms. The van der Waals surface area contributed by atoms with Crippen LogP contribution in [-0.4, -0.2) is 24.8 Å². The average Bonchev–Trinajstić information content (AvgIpc) is 2.85. The van der Waals surface area contributed by atoms with E-state index < -0.39 is 33.5 Å². The third-order valence-corrected chi connectivity index (χ3v) is 6.71. The lowest BCUT2D eigenvalue weighted by Crippen LogP contribution is -2.18. The van der Waals surface area contributed by atoms with E-state index in [4.69, 9.17) is 4.18 Å². The lowest BCUT2D eigenvalue weighted by molar-refractivity contribution is 0.0773. The maximum Gasteiger partial charge on any atom is 0.264 e. The maximum atomic E-state index is 13.6. The zero-order valence-corrected chi connectivity index (χ0v) is 22.2. The highest BCUT2D eigenvalue weighted by atomic mass is 32.2. The summed E-state index contributed by atoms with van der Waals surface area (Å²) in [5.74, 6) is -1.88. The van der Waals surface area contributed by atoms with Crippen molar-refractivity contribution in [1.29, 1.82) is 0 Å². The van der Waals surface area contributed by atoms with Crippen molar-refractivity contribution in [3.63, 3.8) is 0 Å². The van der Waals surface area contributed by atoms with Crippen LogP contribution < -0.4 is 0 Å². The van der Waals surface area contributed by atoms with Gasteiger partial charge in [0.2, 0.25) is 0 Å². The highest BCUT2D eigenvalue weighted by Gasteiger charge is 2.22. The Balaban J connectivity index is 1.58. The van der Waals surface area contributed by atoms with Gasteiger partial charge in [0.15, 0.2) is 11.6 Å². The van der Waals surface area contributed by atoms with E-state index in [0.717, 1.165) is 35.1 Å². The van der Waals surface area contributed by atoms with E-state index in [2.05, 4.69) is 4.98 Å². The van der Waals surface area contributed by atoms with Gasteiger partial charge >= 0.3 is 0 Å². The van der Waals surface area contributed by atoms with Crippen molar-refractivity contribution in [2.24, 2.45) is 0 Å². The molecule has 0 spiro atoms. The minimum atomic E-state index is -3.74. The summed E-state index contributed by atoms with van der Waals surface area (Å²) in [4.78, 5) is 4.37. The third-order valence-electron chi connectivity index (χ3n) is 6.13. The molecule has 0 saturated heterocycles. The second kappa shape index (κ2) is 11.1. The summed E-state index contributed by atoms with van der Waals surface area (Å²) in [7, 11) is -3.74. The molecule has 0 aliphatic carbocycles. The smallest absolute Gasteiger partial charge is 0.264 e. The number of aryl methyl sites for hydroxylation is 1. The molecule has 0 saturated carbocycles. The predicted molar refractivity (Wildman–Crippen MR) is 146 cm³/mol. The van der Waals surface area contributed by atoms with Gasteiger partial charge in [-0.1, -0.05) is 54.6 Å². The number of aliphatic hydroxyl groups is 1. The van der Waals surface area contributed by atoms with E-state index >= 15 is 0 Å². The van der Waals surface area contributed by atoms with Crippen molar-refractivity contribution in [1.82, 2.24) is 4.98 Å². The molecule has 8 heteroatoms. The molecule has 1 N–H and O–H groups in total. The van der Waals surface area contributed by atoms with Gasteiger partial charge in [0.05, 0.1) is 23.1 Å². The number of rotatable bonds is 9. The van der Waals surface area contributed by atoms with Crippen molar-refractivity contribution in [3.8, 4) is 0 Å². The zero-order chi connectivity index (χ0) is 27.5. The zero-order valence-electron chi connectivity index (χ0n) is 21.4. The fraction of sp³-hybridized carbons (Fsp3) is 0.233. The summed E-state index contributed by atoms with van der Waals surface area (Å²) in [5.41, 5.74) is 3.02. The number of hydrogen-bond acceptors (Lipinski definition) is 5. The molecule has 0 amide bonds. The number of nitrogens with zero attached hydrogens (tertiary/aromatic N) is 1. The van der Waals surface area contributed by atoms with Crippen LogP contribution in [-0.2, 0) is 26.3 Å². The number of hydrogen-bond donors (Lipinski definition) is 1. The van der Waals surface area contributed by atoms with Gasteiger partial charge in [-0.3, -0.25) is 4.18 Å². The molecule has 4 rings (SSSR count).